The van der Waals surface area contributed by atoms with Gasteiger partial charge in [-0.2, -0.15) is 4.98 Å². The maximum atomic E-state index is 13.7. The Morgan fingerprint density at radius 3 is 2.46 bits per heavy atom. The monoisotopic (exact) mass is 497 g/mol. The number of carbonyl (C=O) groups excluding carboxylic acids is 1. The van der Waals surface area contributed by atoms with Crippen LogP contribution in [0.3, 0.4) is 0 Å². The van der Waals surface area contributed by atoms with E-state index in [0.717, 1.165) is 5.56 Å². The third-order valence-corrected chi connectivity index (χ3v) is 6.18. The van der Waals surface area contributed by atoms with E-state index >= 15 is 0 Å². The Bertz CT molecular complexity index is 1480. The van der Waals surface area contributed by atoms with Crippen LogP contribution in [0.15, 0.2) is 84.1 Å². The Kier molecular flexibility index (Phi) is 6.51. The molecule has 1 amide bonds. The number of methoxy groups -OCH3 is 3. The van der Waals surface area contributed by atoms with Crippen LogP contribution in [0.2, 0.25) is 0 Å². The molecule has 0 saturated heterocycles. The largest absolute Gasteiger partial charge is 0.497 e. The highest BCUT2D eigenvalue weighted by atomic mass is 16.5. The van der Waals surface area contributed by atoms with Gasteiger partial charge in [0.1, 0.15) is 11.8 Å². The van der Waals surface area contributed by atoms with E-state index in [9.17, 15) is 4.79 Å². The molecule has 1 aliphatic heterocycles. The smallest absolute Gasteiger partial charge is 0.255 e. The predicted octanol–water partition coefficient (Wildman–Crippen LogP) is 4.90. The minimum atomic E-state index is -0.642. The number of nitrogens with zero attached hydrogens (tertiary/aromatic N) is 3. The van der Waals surface area contributed by atoms with Gasteiger partial charge in [-0.1, -0.05) is 42.5 Å². The predicted molar refractivity (Wildman–Crippen MR) is 141 cm³/mol. The van der Waals surface area contributed by atoms with Crippen LogP contribution in [0.4, 0.5) is 11.6 Å². The Hall–Kier alpha value is -4.79. The molecule has 1 atom stereocenters. The number of nitrogens with one attached hydrogen (secondary N) is 2. The van der Waals surface area contributed by atoms with Gasteiger partial charge in [0.2, 0.25) is 5.95 Å². The van der Waals surface area contributed by atoms with Crippen molar-refractivity contribution in [3.05, 3.63) is 89.6 Å². The lowest BCUT2D eigenvalue weighted by molar-refractivity contribution is -0.113. The SMILES string of the molecule is COc1cccc(-c2nc3n(n2)C(c2cccc(OC)c2OC)C(C(=O)Nc2ccccc2)=C(C)N3)c1. The van der Waals surface area contributed by atoms with Gasteiger partial charge in [-0.3, -0.25) is 4.79 Å². The van der Waals surface area contributed by atoms with Gasteiger partial charge in [0, 0.05) is 22.5 Å². The van der Waals surface area contributed by atoms with E-state index in [-0.39, 0.29) is 5.91 Å². The summed E-state index contributed by atoms with van der Waals surface area (Å²) in [6, 6.07) is 21.8. The molecule has 1 aromatic heterocycles. The zero-order chi connectivity index (χ0) is 25.9. The number of hydrogen-bond acceptors (Lipinski definition) is 7. The molecule has 0 spiro atoms. The van der Waals surface area contributed by atoms with Crippen molar-refractivity contribution in [2.24, 2.45) is 0 Å². The summed E-state index contributed by atoms with van der Waals surface area (Å²) in [6.07, 6.45) is 0. The second-order valence-electron chi connectivity index (χ2n) is 8.40. The van der Waals surface area contributed by atoms with Crippen LogP contribution in [-0.2, 0) is 4.79 Å². The van der Waals surface area contributed by atoms with Gasteiger partial charge in [-0.25, -0.2) is 4.68 Å². The maximum absolute atomic E-state index is 13.7. The normalized spacial score (nSPS) is 14.4. The van der Waals surface area contributed by atoms with Crippen LogP contribution < -0.4 is 24.8 Å². The number of aromatic nitrogens is 3. The number of benzene rings is 3. The second-order valence-corrected chi connectivity index (χ2v) is 8.40. The van der Waals surface area contributed by atoms with Crippen molar-refractivity contribution in [2.75, 3.05) is 32.0 Å². The Balaban J connectivity index is 1.67. The van der Waals surface area contributed by atoms with Crippen LogP contribution in [0, 0.1) is 0 Å². The van der Waals surface area contributed by atoms with Crippen LogP contribution in [-0.4, -0.2) is 42.0 Å². The molecule has 188 valence electrons. The summed E-state index contributed by atoms with van der Waals surface area (Å²) < 4.78 is 18.4. The lowest BCUT2D eigenvalue weighted by atomic mass is 9.94. The molecule has 1 aliphatic rings. The minimum absolute atomic E-state index is 0.268. The van der Waals surface area contributed by atoms with Gasteiger partial charge in [-0.05, 0) is 37.3 Å². The first-order valence-corrected chi connectivity index (χ1v) is 11.7. The average Bonchev–Trinajstić information content (AvgIpc) is 3.36. The first-order valence-electron chi connectivity index (χ1n) is 11.7. The van der Waals surface area contributed by atoms with Crippen LogP contribution in [0.5, 0.6) is 17.2 Å². The highest BCUT2D eigenvalue weighted by Crippen LogP contribution is 2.43. The van der Waals surface area contributed by atoms with Crippen molar-refractivity contribution in [2.45, 2.75) is 13.0 Å². The number of para-hydroxylation sites is 2. The molecular weight excluding hydrogens is 470 g/mol. The summed E-state index contributed by atoms with van der Waals surface area (Å²) in [5.74, 6) is 2.48. The van der Waals surface area contributed by atoms with E-state index in [4.69, 9.17) is 24.3 Å². The molecule has 4 aromatic rings. The van der Waals surface area contributed by atoms with Gasteiger partial charge in [0.05, 0.1) is 26.9 Å². The Morgan fingerprint density at radius 2 is 1.73 bits per heavy atom. The third kappa shape index (κ3) is 4.47. The molecule has 0 radical (unpaired) electrons. The fourth-order valence-corrected chi connectivity index (χ4v) is 4.46. The zero-order valence-electron chi connectivity index (χ0n) is 21.0. The second kappa shape index (κ2) is 10.1. The molecule has 1 unspecified atom stereocenters. The van der Waals surface area contributed by atoms with E-state index in [1.165, 1.54) is 0 Å². The summed E-state index contributed by atoms with van der Waals surface area (Å²) in [5, 5.41) is 11.1. The molecule has 0 bridgehead atoms. The van der Waals surface area contributed by atoms with E-state index in [1.807, 2.05) is 79.7 Å². The van der Waals surface area contributed by atoms with Crippen molar-refractivity contribution in [3.63, 3.8) is 0 Å². The number of hydrogen-bond donors (Lipinski definition) is 2. The van der Waals surface area contributed by atoms with Crippen molar-refractivity contribution in [1.82, 2.24) is 14.8 Å². The molecule has 0 fully saturated rings. The average molecular weight is 498 g/mol. The zero-order valence-corrected chi connectivity index (χ0v) is 21.0. The fourth-order valence-electron chi connectivity index (χ4n) is 4.46. The minimum Gasteiger partial charge on any atom is -0.497 e. The number of amides is 1. The first kappa shape index (κ1) is 23.9. The van der Waals surface area contributed by atoms with E-state index in [1.54, 1.807) is 26.0 Å². The van der Waals surface area contributed by atoms with Crippen molar-refractivity contribution in [3.8, 4) is 28.6 Å². The highest BCUT2D eigenvalue weighted by molar-refractivity contribution is 6.06. The highest BCUT2D eigenvalue weighted by Gasteiger charge is 2.37. The Labute approximate surface area is 214 Å². The lowest BCUT2D eigenvalue weighted by Gasteiger charge is -2.30. The van der Waals surface area contributed by atoms with Gasteiger partial charge in [-0.15, -0.1) is 5.10 Å². The Morgan fingerprint density at radius 1 is 0.946 bits per heavy atom. The molecule has 2 N–H and O–H groups in total. The molecule has 0 saturated carbocycles. The molecule has 37 heavy (non-hydrogen) atoms. The van der Waals surface area contributed by atoms with Gasteiger partial charge < -0.3 is 24.8 Å². The van der Waals surface area contributed by atoms with E-state index in [2.05, 4.69) is 10.6 Å². The van der Waals surface area contributed by atoms with Crippen molar-refractivity contribution in [1.29, 1.82) is 0 Å². The summed E-state index contributed by atoms with van der Waals surface area (Å²) in [6.45, 7) is 1.85. The van der Waals surface area contributed by atoms with Crippen LogP contribution in [0.1, 0.15) is 18.5 Å². The molecule has 9 heteroatoms. The number of rotatable bonds is 7. The molecule has 9 nitrogen and oxygen atoms in total. The summed E-state index contributed by atoms with van der Waals surface area (Å²) in [5.41, 5.74) is 3.31. The molecule has 5 rings (SSSR count). The maximum Gasteiger partial charge on any atom is 0.255 e. The third-order valence-electron chi connectivity index (χ3n) is 6.18. The first-order chi connectivity index (χ1) is 18.0. The van der Waals surface area contributed by atoms with Gasteiger partial charge in [0.25, 0.3) is 5.91 Å². The molecule has 3 aromatic carbocycles. The molecule has 2 heterocycles. The van der Waals surface area contributed by atoms with Crippen molar-refractivity contribution >= 4 is 17.5 Å². The van der Waals surface area contributed by atoms with Crippen LogP contribution >= 0.6 is 0 Å². The fraction of sp³-hybridized carbons (Fsp3) is 0.179. The standard InChI is InChI=1S/C28H27N5O4/c1-17-23(27(34)30-19-11-6-5-7-12-19)24(21-14-9-15-22(36-3)25(21)37-4)33-28(29-17)31-26(32-33)18-10-8-13-20(16-18)35-2/h5-16,24H,1-4H3,(H,30,34)(H,29,31,32). The summed E-state index contributed by atoms with van der Waals surface area (Å²) >= 11 is 0. The number of fused-ring (bicyclic) bond motifs is 1. The van der Waals surface area contributed by atoms with Gasteiger partial charge >= 0.3 is 0 Å². The van der Waals surface area contributed by atoms with E-state index < -0.39 is 6.04 Å². The quantitative estimate of drug-likeness (QED) is 0.375. The number of anilines is 2. The molecular formula is C28H27N5O4. The summed E-state index contributed by atoms with van der Waals surface area (Å²) in [4.78, 5) is 18.5. The summed E-state index contributed by atoms with van der Waals surface area (Å²) in [7, 11) is 4.77. The number of allylic oxidation sites excluding steroid dienone is 1. The van der Waals surface area contributed by atoms with E-state index in [0.29, 0.717) is 51.5 Å². The molecule has 0 aliphatic carbocycles. The van der Waals surface area contributed by atoms with Gasteiger partial charge in [0.15, 0.2) is 17.3 Å². The lowest BCUT2D eigenvalue weighted by Crippen LogP contribution is -2.31. The topological polar surface area (TPSA) is 99.5 Å². The van der Waals surface area contributed by atoms with Crippen molar-refractivity contribution < 1.29 is 19.0 Å². The number of carbonyl (C=O) groups is 1. The van der Waals surface area contributed by atoms with Crippen LogP contribution in [0.25, 0.3) is 11.4 Å². The number of ether oxygens (including phenoxy) is 3.